The van der Waals surface area contributed by atoms with Gasteiger partial charge in [-0.3, -0.25) is 4.79 Å². The second-order valence-electron chi connectivity index (χ2n) is 4.94. The van der Waals surface area contributed by atoms with E-state index in [-0.39, 0.29) is 17.6 Å². The molecule has 21 heavy (non-hydrogen) atoms. The molecule has 1 aliphatic rings. The summed E-state index contributed by atoms with van der Waals surface area (Å²) in [5.74, 6) is 0.0906. The number of carbonyl (C=O) groups is 1. The highest BCUT2D eigenvalue weighted by atomic mass is 35.5. The molecule has 3 rings (SSSR count). The lowest BCUT2D eigenvalue weighted by molar-refractivity contribution is 0.0942. The van der Waals surface area contributed by atoms with Gasteiger partial charge in [0.1, 0.15) is 0 Å². The fourth-order valence-corrected chi connectivity index (χ4v) is 2.22. The fraction of sp³-hybridized carbons (Fsp3) is 0.357. The Morgan fingerprint density at radius 1 is 1.48 bits per heavy atom. The average Bonchev–Trinajstić information content (AvgIpc) is 3.19. The van der Waals surface area contributed by atoms with Crippen molar-refractivity contribution in [2.24, 2.45) is 0 Å². The van der Waals surface area contributed by atoms with E-state index in [4.69, 9.17) is 16.3 Å². The smallest absolute Gasteiger partial charge is 0.277 e. The number of ether oxygens (including phenoxy) is 1. The quantitative estimate of drug-likeness (QED) is 0.916. The van der Waals surface area contributed by atoms with E-state index >= 15 is 0 Å². The van der Waals surface area contributed by atoms with Gasteiger partial charge in [0.05, 0.1) is 13.7 Å². The molecule has 0 saturated heterocycles. The van der Waals surface area contributed by atoms with Gasteiger partial charge in [0.15, 0.2) is 0 Å². The van der Waals surface area contributed by atoms with Gasteiger partial charge < -0.3 is 10.1 Å². The number of hydrogen-bond donors (Lipinski definition) is 1. The zero-order chi connectivity index (χ0) is 14.8. The van der Waals surface area contributed by atoms with Crippen molar-refractivity contribution in [2.45, 2.75) is 25.4 Å². The highest BCUT2D eigenvalue weighted by Gasteiger charge is 2.28. The molecule has 1 fully saturated rings. The van der Waals surface area contributed by atoms with Crippen molar-refractivity contribution in [3.63, 3.8) is 0 Å². The maximum Gasteiger partial charge on any atom is 0.277 e. The molecule has 7 heteroatoms. The summed E-state index contributed by atoms with van der Waals surface area (Å²) in [5, 5.41) is 11.4. The van der Waals surface area contributed by atoms with Crippen LogP contribution in [0.1, 0.15) is 28.9 Å². The topological polar surface area (TPSA) is 69.0 Å². The second-order valence-corrected chi connectivity index (χ2v) is 5.35. The van der Waals surface area contributed by atoms with Crippen molar-refractivity contribution in [3.8, 4) is 5.88 Å². The lowest BCUT2D eigenvalue weighted by Crippen LogP contribution is -2.26. The Morgan fingerprint density at radius 3 is 2.90 bits per heavy atom. The molecule has 1 saturated carbocycles. The molecule has 0 bridgehead atoms. The van der Waals surface area contributed by atoms with Gasteiger partial charge in [-0.2, -0.15) is 0 Å². The predicted octanol–water partition coefficient (Wildman–Crippen LogP) is 1.88. The summed E-state index contributed by atoms with van der Waals surface area (Å²) >= 11 is 6.13. The number of aromatic nitrogens is 3. The van der Waals surface area contributed by atoms with Crippen LogP contribution in [0.15, 0.2) is 24.3 Å². The first-order valence-corrected chi connectivity index (χ1v) is 7.08. The molecule has 2 aromatic rings. The minimum absolute atomic E-state index is 0.205. The summed E-state index contributed by atoms with van der Waals surface area (Å²) in [4.78, 5) is 12.1. The van der Waals surface area contributed by atoms with Crippen molar-refractivity contribution in [3.05, 3.63) is 40.5 Å². The molecular weight excluding hydrogens is 292 g/mol. The van der Waals surface area contributed by atoms with Gasteiger partial charge in [-0.25, -0.2) is 4.68 Å². The van der Waals surface area contributed by atoms with Crippen molar-refractivity contribution < 1.29 is 9.53 Å². The molecule has 110 valence electrons. The van der Waals surface area contributed by atoms with Crippen molar-refractivity contribution in [1.82, 2.24) is 20.3 Å². The Balaban J connectivity index is 1.84. The average molecular weight is 307 g/mol. The zero-order valence-corrected chi connectivity index (χ0v) is 12.3. The highest BCUT2D eigenvalue weighted by molar-refractivity contribution is 6.31. The van der Waals surface area contributed by atoms with E-state index in [1.54, 1.807) is 6.07 Å². The minimum atomic E-state index is -0.250. The van der Waals surface area contributed by atoms with E-state index in [0.717, 1.165) is 18.4 Å². The first-order valence-electron chi connectivity index (χ1n) is 6.70. The van der Waals surface area contributed by atoms with Gasteiger partial charge in [-0.05, 0) is 24.5 Å². The lowest BCUT2D eigenvalue weighted by atomic mass is 10.2. The Hall–Kier alpha value is -2.08. The highest BCUT2D eigenvalue weighted by Crippen LogP contribution is 2.23. The summed E-state index contributed by atoms with van der Waals surface area (Å²) in [6.45, 7) is 0.395. The Morgan fingerprint density at radius 2 is 2.24 bits per heavy atom. The number of methoxy groups -OCH3 is 1. The molecule has 0 spiro atoms. The van der Waals surface area contributed by atoms with Crippen LogP contribution in [0, 0.1) is 0 Å². The molecule has 1 heterocycles. The van der Waals surface area contributed by atoms with Crippen LogP contribution in [-0.2, 0) is 6.54 Å². The Bertz CT molecular complexity index is 667. The molecule has 1 aromatic carbocycles. The van der Waals surface area contributed by atoms with Crippen LogP contribution < -0.4 is 10.1 Å². The van der Waals surface area contributed by atoms with E-state index in [2.05, 4.69) is 15.6 Å². The number of rotatable bonds is 5. The van der Waals surface area contributed by atoms with Crippen LogP contribution in [0.3, 0.4) is 0 Å². The van der Waals surface area contributed by atoms with E-state index < -0.39 is 0 Å². The van der Waals surface area contributed by atoms with Crippen LogP contribution in [-0.4, -0.2) is 34.1 Å². The van der Waals surface area contributed by atoms with Gasteiger partial charge in [0.2, 0.25) is 11.6 Å². The number of halogens is 1. The monoisotopic (exact) mass is 306 g/mol. The number of nitrogens with zero attached hydrogens (tertiary/aromatic N) is 3. The SMILES string of the molecule is COc1c(C(=O)NC2CC2)nnn1Cc1ccccc1Cl. The molecule has 1 aromatic heterocycles. The predicted molar refractivity (Wildman–Crippen MR) is 77.6 cm³/mol. The van der Waals surface area contributed by atoms with Crippen molar-refractivity contribution in [1.29, 1.82) is 0 Å². The third-order valence-corrected chi connectivity index (χ3v) is 3.66. The van der Waals surface area contributed by atoms with Gasteiger partial charge in [-0.1, -0.05) is 35.0 Å². The number of hydrogen-bond acceptors (Lipinski definition) is 4. The van der Waals surface area contributed by atoms with E-state index in [0.29, 0.717) is 17.4 Å². The number of benzene rings is 1. The first-order chi connectivity index (χ1) is 10.2. The third kappa shape index (κ3) is 3.00. The van der Waals surface area contributed by atoms with Crippen LogP contribution in [0.25, 0.3) is 0 Å². The van der Waals surface area contributed by atoms with E-state index in [1.807, 2.05) is 18.2 Å². The van der Waals surface area contributed by atoms with Crippen LogP contribution in [0.5, 0.6) is 5.88 Å². The largest absolute Gasteiger partial charge is 0.479 e. The van der Waals surface area contributed by atoms with Crippen LogP contribution in [0.2, 0.25) is 5.02 Å². The molecular formula is C14H15ClN4O2. The summed E-state index contributed by atoms with van der Waals surface area (Å²) in [6.07, 6.45) is 2.03. The standard InChI is InChI=1S/C14H15ClN4O2/c1-21-14-12(13(20)16-10-6-7-10)17-18-19(14)8-9-4-2-3-5-11(9)15/h2-5,10H,6-8H2,1H3,(H,16,20). The maximum atomic E-state index is 12.1. The summed E-state index contributed by atoms with van der Waals surface area (Å²) < 4.78 is 6.82. The molecule has 6 nitrogen and oxygen atoms in total. The molecule has 1 N–H and O–H groups in total. The fourth-order valence-electron chi connectivity index (χ4n) is 2.02. The number of amides is 1. The third-order valence-electron chi connectivity index (χ3n) is 3.29. The van der Waals surface area contributed by atoms with Crippen molar-refractivity contribution >= 4 is 17.5 Å². The van der Waals surface area contributed by atoms with E-state index in [1.165, 1.54) is 11.8 Å². The number of carbonyl (C=O) groups excluding carboxylic acids is 1. The molecule has 0 aliphatic heterocycles. The second kappa shape index (κ2) is 5.73. The summed E-state index contributed by atoms with van der Waals surface area (Å²) in [6, 6.07) is 7.72. The van der Waals surface area contributed by atoms with Crippen LogP contribution in [0.4, 0.5) is 0 Å². The maximum absolute atomic E-state index is 12.1. The first kappa shape index (κ1) is 13.9. The molecule has 1 aliphatic carbocycles. The van der Waals surface area contributed by atoms with Crippen LogP contribution >= 0.6 is 11.6 Å². The Labute approximate surface area is 127 Å². The van der Waals surface area contributed by atoms with Gasteiger partial charge in [0.25, 0.3) is 5.91 Å². The lowest BCUT2D eigenvalue weighted by Gasteiger charge is -2.08. The molecule has 0 unspecified atom stereocenters. The summed E-state index contributed by atoms with van der Waals surface area (Å²) in [5.41, 5.74) is 1.09. The van der Waals surface area contributed by atoms with Gasteiger partial charge in [-0.15, -0.1) is 5.10 Å². The summed E-state index contributed by atoms with van der Waals surface area (Å²) in [7, 11) is 1.50. The van der Waals surface area contributed by atoms with Gasteiger partial charge in [0, 0.05) is 11.1 Å². The molecule has 1 amide bonds. The molecule has 0 atom stereocenters. The van der Waals surface area contributed by atoms with E-state index in [9.17, 15) is 4.79 Å². The van der Waals surface area contributed by atoms with Gasteiger partial charge >= 0.3 is 0 Å². The Kier molecular flexibility index (Phi) is 3.79. The zero-order valence-electron chi connectivity index (χ0n) is 11.5. The number of nitrogens with one attached hydrogen (secondary N) is 1. The minimum Gasteiger partial charge on any atom is -0.479 e. The normalized spacial score (nSPS) is 14.0. The van der Waals surface area contributed by atoms with Crippen molar-refractivity contribution in [2.75, 3.05) is 7.11 Å². The molecule has 0 radical (unpaired) electrons.